The van der Waals surface area contributed by atoms with Gasteiger partial charge in [0.15, 0.2) is 0 Å². The predicted octanol–water partition coefficient (Wildman–Crippen LogP) is 2.03. The van der Waals surface area contributed by atoms with Gasteiger partial charge in [0.1, 0.15) is 0 Å². The first kappa shape index (κ1) is 15.0. The molecular weight excluding hydrogens is 270 g/mol. The van der Waals surface area contributed by atoms with Crippen molar-refractivity contribution < 1.29 is 19.1 Å². The minimum Gasteiger partial charge on any atom is -0.469 e. The highest BCUT2D eigenvalue weighted by molar-refractivity contribution is 5.89. The van der Waals surface area contributed by atoms with Crippen LogP contribution in [0.2, 0.25) is 0 Å². The van der Waals surface area contributed by atoms with Crippen LogP contribution in [0.15, 0.2) is 18.2 Å². The summed E-state index contributed by atoms with van der Waals surface area (Å²) < 4.78 is 9.39. The average Bonchev–Trinajstić information content (AvgIpc) is 2.53. The Bertz CT molecular complexity index is 617. The number of nitriles is 1. The van der Waals surface area contributed by atoms with Gasteiger partial charge in [-0.15, -0.1) is 0 Å². The maximum atomic E-state index is 11.5. The Hall–Kier alpha value is -2.35. The number of hydrogen-bond donors (Lipinski definition) is 0. The largest absolute Gasteiger partial charge is 0.469 e. The second kappa shape index (κ2) is 5.96. The van der Waals surface area contributed by atoms with E-state index in [-0.39, 0.29) is 18.4 Å². The molecule has 0 saturated heterocycles. The fourth-order valence-corrected chi connectivity index (χ4v) is 2.74. The number of rotatable bonds is 3. The lowest BCUT2D eigenvalue weighted by molar-refractivity contribution is -0.142. The van der Waals surface area contributed by atoms with Gasteiger partial charge in [-0.25, -0.2) is 4.79 Å². The number of aryl methyl sites for hydroxylation is 1. The maximum absolute atomic E-state index is 11.5. The molecule has 0 N–H and O–H groups in total. The standard InChI is InChI=1S/C16H17NO4/c1-20-14(18)9-16(10-17)6-5-11-7-12(15(19)21-2)3-4-13(11)8-16/h3-4,7H,5-6,8-9H2,1-2H3. The summed E-state index contributed by atoms with van der Waals surface area (Å²) >= 11 is 0. The number of fused-ring (bicyclic) bond motifs is 1. The van der Waals surface area contributed by atoms with Crippen LogP contribution < -0.4 is 0 Å². The third-order valence-electron chi connectivity index (χ3n) is 3.98. The van der Waals surface area contributed by atoms with E-state index < -0.39 is 5.41 Å². The molecule has 5 heteroatoms. The van der Waals surface area contributed by atoms with E-state index in [1.165, 1.54) is 14.2 Å². The monoisotopic (exact) mass is 287 g/mol. The van der Waals surface area contributed by atoms with Crippen LogP contribution in [0.5, 0.6) is 0 Å². The van der Waals surface area contributed by atoms with Crippen LogP contribution in [0.25, 0.3) is 0 Å². The van der Waals surface area contributed by atoms with Crippen molar-refractivity contribution in [2.24, 2.45) is 5.41 Å². The zero-order valence-electron chi connectivity index (χ0n) is 12.1. The lowest BCUT2D eigenvalue weighted by Crippen LogP contribution is -2.30. The van der Waals surface area contributed by atoms with Gasteiger partial charge in [-0.1, -0.05) is 6.07 Å². The molecule has 1 aromatic rings. The van der Waals surface area contributed by atoms with E-state index in [4.69, 9.17) is 4.74 Å². The Labute approximate surface area is 123 Å². The zero-order chi connectivity index (χ0) is 15.5. The molecule has 21 heavy (non-hydrogen) atoms. The summed E-state index contributed by atoms with van der Waals surface area (Å²) in [4.78, 5) is 23.0. The molecule has 1 atom stereocenters. The third kappa shape index (κ3) is 3.05. The van der Waals surface area contributed by atoms with E-state index in [1.807, 2.05) is 6.07 Å². The van der Waals surface area contributed by atoms with Gasteiger partial charge in [0.2, 0.25) is 0 Å². The molecule has 110 valence electrons. The highest BCUT2D eigenvalue weighted by atomic mass is 16.5. The molecule has 0 heterocycles. The van der Waals surface area contributed by atoms with Crippen molar-refractivity contribution in [3.63, 3.8) is 0 Å². The first-order valence-electron chi connectivity index (χ1n) is 6.72. The Morgan fingerprint density at radius 2 is 2.05 bits per heavy atom. The summed E-state index contributed by atoms with van der Waals surface area (Å²) in [6.07, 6.45) is 1.83. The molecule has 1 aliphatic carbocycles. The molecule has 1 unspecified atom stereocenters. The van der Waals surface area contributed by atoms with Gasteiger partial charge in [-0.2, -0.15) is 5.26 Å². The van der Waals surface area contributed by atoms with E-state index in [9.17, 15) is 14.9 Å². The molecule has 0 amide bonds. The van der Waals surface area contributed by atoms with Crippen LogP contribution in [0.1, 0.15) is 34.3 Å². The van der Waals surface area contributed by atoms with Crippen molar-refractivity contribution in [2.75, 3.05) is 14.2 Å². The molecule has 0 spiro atoms. The van der Waals surface area contributed by atoms with E-state index >= 15 is 0 Å². The number of benzene rings is 1. The lowest BCUT2D eigenvalue weighted by atomic mass is 9.70. The molecule has 5 nitrogen and oxygen atoms in total. The van der Waals surface area contributed by atoms with Gasteiger partial charge in [-0.05, 0) is 42.5 Å². The Morgan fingerprint density at radius 3 is 2.67 bits per heavy atom. The number of carbonyl (C=O) groups is 2. The van der Waals surface area contributed by atoms with Crippen LogP contribution >= 0.6 is 0 Å². The van der Waals surface area contributed by atoms with Gasteiger partial charge in [-0.3, -0.25) is 4.79 Å². The van der Waals surface area contributed by atoms with Crippen LogP contribution in [0.4, 0.5) is 0 Å². The van der Waals surface area contributed by atoms with Crippen molar-refractivity contribution in [1.82, 2.24) is 0 Å². The number of nitrogens with zero attached hydrogens (tertiary/aromatic N) is 1. The average molecular weight is 287 g/mol. The van der Waals surface area contributed by atoms with E-state index in [0.717, 1.165) is 11.1 Å². The Morgan fingerprint density at radius 1 is 1.29 bits per heavy atom. The summed E-state index contributed by atoms with van der Waals surface area (Å²) in [6, 6.07) is 7.61. The third-order valence-corrected chi connectivity index (χ3v) is 3.98. The number of ether oxygens (including phenoxy) is 2. The quantitative estimate of drug-likeness (QED) is 0.795. The van der Waals surface area contributed by atoms with Crippen molar-refractivity contribution >= 4 is 11.9 Å². The minimum atomic E-state index is -0.715. The first-order valence-corrected chi connectivity index (χ1v) is 6.72. The molecule has 0 bridgehead atoms. The highest BCUT2D eigenvalue weighted by Crippen LogP contribution is 2.38. The fourth-order valence-electron chi connectivity index (χ4n) is 2.74. The second-order valence-corrected chi connectivity index (χ2v) is 5.30. The number of hydrogen-bond acceptors (Lipinski definition) is 5. The molecule has 1 aromatic carbocycles. The Kier molecular flexibility index (Phi) is 4.27. The van der Waals surface area contributed by atoms with Crippen LogP contribution in [0.3, 0.4) is 0 Å². The summed E-state index contributed by atoms with van der Waals surface area (Å²) in [6.45, 7) is 0. The van der Waals surface area contributed by atoms with Crippen LogP contribution in [0, 0.1) is 16.7 Å². The van der Waals surface area contributed by atoms with E-state index in [1.54, 1.807) is 12.1 Å². The zero-order valence-corrected chi connectivity index (χ0v) is 12.1. The SMILES string of the molecule is COC(=O)CC1(C#N)CCc2cc(C(=O)OC)ccc2C1. The van der Waals surface area contributed by atoms with Crippen LogP contribution in [-0.4, -0.2) is 26.2 Å². The van der Waals surface area contributed by atoms with Gasteiger partial charge in [0.05, 0.1) is 37.7 Å². The molecule has 2 rings (SSSR count). The van der Waals surface area contributed by atoms with Crippen molar-refractivity contribution in [1.29, 1.82) is 5.26 Å². The highest BCUT2D eigenvalue weighted by Gasteiger charge is 2.37. The molecule has 0 aliphatic heterocycles. The summed E-state index contributed by atoms with van der Waals surface area (Å²) in [5, 5.41) is 9.46. The molecule has 1 aliphatic rings. The molecule has 0 saturated carbocycles. The summed E-state index contributed by atoms with van der Waals surface area (Å²) in [5.74, 6) is -0.740. The van der Waals surface area contributed by atoms with E-state index in [0.29, 0.717) is 24.8 Å². The van der Waals surface area contributed by atoms with Crippen molar-refractivity contribution in [3.05, 3.63) is 34.9 Å². The normalized spacial score (nSPS) is 20.0. The fraction of sp³-hybridized carbons (Fsp3) is 0.438. The number of methoxy groups -OCH3 is 2. The maximum Gasteiger partial charge on any atom is 0.337 e. The smallest absolute Gasteiger partial charge is 0.337 e. The van der Waals surface area contributed by atoms with Crippen molar-refractivity contribution in [2.45, 2.75) is 25.7 Å². The first-order chi connectivity index (χ1) is 10.0. The molecule has 0 aromatic heterocycles. The predicted molar refractivity (Wildman–Crippen MR) is 74.5 cm³/mol. The lowest BCUT2D eigenvalue weighted by Gasteiger charge is -2.31. The number of carbonyl (C=O) groups excluding carboxylic acids is 2. The second-order valence-electron chi connectivity index (χ2n) is 5.30. The van der Waals surface area contributed by atoms with Crippen LogP contribution in [-0.2, 0) is 27.1 Å². The minimum absolute atomic E-state index is 0.0954. The van der Waals surface area contributed by atoms with Gasteiger partial charge < -0.3 is 9.47 Å². The van der Waals surface area contributed by atoms with Gasteiger partial charge in [0.25, 0.3) is 0 Å². The Balaban J connectivity index is 2.26. The number of esters is 2. The summed E-state index contributed by atoms with van der Waals surface area (Å²) in [7, 11) is 2.67. The summed E-state index contributed by atoms with van der Waals surface area (Å²) in [5.41, 5.74) is 1.83. The molecular formula is C16H17NO4. The van der Waals surface area contributed by atoms with E-state index in [2.05, 4.69) is 10.8 Å². The van der Waals surface area contributed by atoms with Crippen molar-refractivity contribution in [3.8, 4) is 6.07 Å². The molecule has 0 radical (unpaired) electrons. The molecule has 0 fully saturated rings. The van der Waals surface area contributed by atoms with Gasteiger partial charge in [0, 0.05) is 0 Å². The van der Waals surface area contributed by atoms with Gasteiger partial charge >= 0.3 is 11.9 Å². The topological polar surface area (TPSA) is 76.4 Å².